The van der Waals surface area contributed by atoms with Crippen LogP contribution in [0.2, 0.25) is 0 Å². The number of fused-ring (bicyclic) bond motifs is 1. The third kappa shape index (κ3) is 3.52. The highest BCUT2D eigenvalue weighted by Gasteiger charge is 2.30. The number of aryl methyl sites for hydroxylation is 1. The molecule has 4 aromatic rings. The number of carbonyl (C=O) groups is 1. The fourth-order valence-corrected chi connectivity index (χ4v) is 4.29. The van der Waals surface area contributed by atoms with Crippen LogP contribution in [0, 0.1) is 0 Å². The molecule has 1 amide bonds. The largest absolute Gasteiger partial charge is 0.350 e. The van der Waals surface area contributed by atoms with Crippen molar-refractivity contribution in [3.8, 4) is 5.69 Å². The standard InChI is InChI=1S/C24H23N5O2/c1-27-24(31)29(19-10-3-2-4-11-19)22(26-27)18-9-7-15-28(16-18)23(30)21-14-13-17-8-5-6-12-20(17)25-21/h2-6,8,10-14,18H,7,9,15-16H2,1H3. The third-order valence-electron chi connectivity index (χ3n) is 5.86. The quantitative estimate of drug-likeness (QED) is 0.517. The van der Waals surface area contributed by atoms with E-state index in [2.05, 4.69) is 10.1 Å². The summed E-state index contributed by atoms with van der Waals surface area (Å²) >= 11 is 0. The van der Waals surface area contributed by atoms with Crippen molar-refractivity contribution >= 4 is 16.8 Å². The van der Waals surface area contributed by atoms with E-state index in [-0.39, 0.29) is 17.5 Å². The summed E-state index contributed by atoms with van der Waals surface area (Å²) in [5, 5.41) is 5.54. The van der Waals surface area contributed by atoms with Crippen LogP contribution < -0.4 is 5.69 Å². The Morgan fingerprint density at radius 2 is 1.77 bits per heavy atom. The van der Waals surface area contributed by atoms with Gasteiger partial charge in [-0.15, -0.1) is 0 Å². The molecule has 0 aliphatic carbocycles. The Kier molecular flexibility index (Phi) is 4.86. The van der Waals surface area contributed by atoms with Crippen molar-refractivity contribution in [2.24, 2.45) is 7.05 Å². The first-order chi connectivity index (χ1) is 15.1. The van der Waals surface area contributed by atoms with Gasteiger partial charge in [-0.2, -0.15) is 5.10 Å². The maximum absolute atomic E-state index is 13.2. The van der Waals surface area contributed by atoms with Crippen molar-refractivity contribution in [1.82, 2.24) is 24.2 Å². The van der Waals surface area contributed by atoms with Gasteiger partial charge in [-0.05, 0) is 37.1 Å². The van der Waals surface area contributed by atoms with Crippen LogP contribution in [0.5, 0.6) is 0 Å². The van der Waals surface area contributed by atoms with Gasteiger partial charge in [0.15, 0.2) is 0 Å². The van der Waals surface area contributed by atoms with E-state index in [1.54, 1.807) is 17.7 Å². The Labute approximate surface area is 179 Å². The second-order valence-corrected chi connectivity index (χ2v) is 7.91. The molecule has 0 bridgehead atoms. The van der Waals surface area contributed by atoms with E-state index in [1.165, 1.54) is 4.68 Å². The van der Waals surface area contributed by atoms with E-state index in [0.717, 1.165) is 29.4 Å². The van der Waals surface area contributed by atoms with Crippen molar-refractivity contribution in [1.29, 1.82) is 0 Å². The molecule has 1 aliphatic rings. The summed E-state index contributed by atoms with van der Waals surface area (Å²) in [6.07, 6.45) is 1.72. The molecule has 3 heterocycles. The smallest absolute Gasteiger partial charge is 0.337 e. The molecule has 0 N–H and O–H groups in total. The third-order valence-corrected chi connectivity index (χ3v) is 5.86. The number of nitrogens with zero attached hydrogens (tertiary/aromatic N) is 5. The summed E-state index contributed by atoms with van der Waals surface area (Å²) in [7, 11) is 1.66. The number of para-hydroxylation sites is 2. The normalized spacial score (nSPS) is 16.5. The number of carbonyl (C=O) groups excluding carboxylic acids is 1. The van der Waals surface area contributed by atoms with Gasteiger partial charge >= 0.3 is 5.69 Å². The van der Waals surface area contributed by atoms with Crippen molar-refractivity contribution in [2.45, 2.75) is 18.8 Å². The molecule has 1 atom stereocenters. The first kappa shape index (κ1) is 19.2. The molecular formula is C24H23N5O2. The predicted octanol–water partition coefficient (Wildman–Crippen LogP) is 3.14. The Hall–Kier alpha value is -3.74. The minimum absolute atomic E-state index is 0.0211. The molecule has 1 fully saturated rings. The highest BCUT2D eigenvalue weighted by molar-refractivity contribution is 5.95. The van der Waals surface area contributed by atoms with Crippen LogP contribution in [0.15, 0.2) is 71.5 Å². The van der Waals surface area contributed by atoms with Gasteiger partial charge in [-0.25, -0.2) is 19.0 Å². The van der Waals surface area contributed by atoms with Crippen LogP contribution in [0.1, 0.15) is 35.1 Å². The molecule has 0 radical (unpaired) electrons. The summed E-state index contributed by atoms with van der Waals surface area (Å²) in [6.45, 7) is 1.18. The van der Waals surface area contributed by atoms with Crippen molar-refractivity contribution in [3.05, 3.63) is 88.7 Å². The summed E-state index contributed by atoms with van der Waals surface area (Å²) in [5.74, 6) is 0.593. The maximum atomic E-state index is 13.2. The second-order valence-electron chi connectivity index (χ2n) is 7.91. The first-order valence-electron chi connectivity index (χ1n) is 10.5. The van der Waals surface area contributed by atoms with Gasteiger partial charge in [0.25, 0.3) is 5.91 Å². The van der Waals surface area contributed by atoms with Crippen LogP contribution in [0.3, 0.4) is 0 Å². The molecule has 7 nitrogen and oxygen atoms in total. The molecule has 5 rings (SSSR count). The number of likely N-dealkylation sites (tertiary alicyclic amines) is 1. The Bertz CT molecular complexity index is 1310. The highest BCUT2D eigenvalue weighted by atomic mass is 16.2. The molecular weight excluding hydrogens is 390 g/mol. The molecule has 0 saturated carbocycles. The number of amides is 1. The number of rotatable bonds is 3. The lowest BCUT2D eigenvalue weighted by Crippen LogP contribution is -2.40. The van der Waals surface area contributed by atoms with E-state index in [9.17, 15) is 9.59 Å². The fourth-order valence-electron chi connectivity index (χ4n) is 4.29. The van der Waals surface area contributed by atoms with Gasteiger partial charge in [0.2, 0.25) is 0 Å². The summed E-state index contributed by atoms with van der Waals surface area (Å²) < 4.78 is 3.03. The number of benzene rings is 2. The Balaban J connectivity index is 1.45. The van der Waals surface area contributed by atoms with Crippen LogP contribution in [0.4, 0.5) is 0 Å². The summed E-state index contributed by atoms with van der Waals surface area (Å²) in [4.78, 5) is 32.4. The van der Waals surface area contributed by atoms with Crippen molar-refractivity contribution < 1.29 is 4.79 Å². The lowest BCUT2D eigenvalue weighted by molar-refractivity contribution is 0.0698. The van der Waals surface area contributed by atoms with Crippen LogP contribution >= 0.6 is 0 Å². The van der Waals surface area contributed by atoms with Gasteiger partial charge in [0, 0.05) is 31.4 Å². The summed E-state index contributed by atoms with van der Waals surface area (Å²) in [6, 6.07) is 21.0. The average Bonchev–Trinajstić information content (AvgIpc) is 3.13. The topological polar surface area (TPSA) is 73.0 Å². The molecule has 1 aliphatic heterocycles. The molecule has 2 aromatic carbocycles. The van der Waals surface area contributed by atoms with Gasteiger partial charge in [0.1, 0.15) is 11.5 Å². The van der Waals surface area contributed by atoms with Gasteiger partial charge in [-0.1, -0.05) is 42.5 Å². The number of hydrogen-bond acceptors (Lipinski definition) is 4. The molecule has 1 unspecified atom stereocenters. The number of pyridine rings is 1. The monoisotopic (exact) mass is 413 g/mol. The van der Waals surface area contributed by atoms with E-state index in [4.69, 9.17) is 0 Å². The van der Waals surface area contributed by atoms with Crippen LogP contribution in [-0.4, -0.2) is 43.2 Å². The highest BCUT2D eigenvalue weighted by Crippen LogP contribution is 2.27. The van der Waals surface area contributed by atoms with E-state index < -0.39 is 0 Å². The zero-order valence-electron chi connectivity index (χ0n) is 17.3. The Morgan fingerprint density at radius 1 is 1.00 bits per heavy atom. The molecule has 7 heteroatoms. The number of hydrogen-bond donors (Lipinski definition) is 0. The predicted molar refractivity (Wildman–Crippen MR) is 118 cm³/mol. The molecule has 0 spiro atoms. The molecule has 2 aromatic heterocycles. The van der Waals surface area contributed by atoms with E-state index in [1.807, 2.05) is 65.6 Å². The maximum Gasteiger partial charge on any atom is 0.350 e. The molecule has 156 valence electrons. The van der Waals surface area contributed by atoms with E-state index >= 15 is 0 Å². The molecule has 31 heavy (non-hydrogen) atoms. The second kappa shape index (κ2) is 7.83. The minimum atomic E-state index is -0.180. The van der Waals surface area contributed by atoms with Crippen molar-refractivity contribution in [3.63, 3.8) is 0 Å². The van der Waals surface area contributed by atoms with E-state index in [0.29, 0.717) is 24.6 Å². The summed E-state index contributed by atoms with van der Waals surface area (Å²) in [5.41, 5.74) is 1.86. The Morgan fingerprint density at radius 3 is 2.61 bits per heavy atom. The average molecular weight is 413 g/mol. The molecule has 1 saturated heterocycles. The zero-order chi connectivity index (χ0) is 21.4. The lowest BCUT2D eigenvalue weighted by atomic mass is 9.96. The van der Waals surface area contributed by atoms with Gasteiger partial charge in [0.05, 0.1) is 11.2 Å². The SMILES string of the molecule is Cn1nc(C2CCCN(C(=O)c3ccc4ccccc4n3)C2)n(-c2ccccc2)c1=O. The first-order valence-corrected chi connectivity index (χ1v) is 10.5. The van der Waals surface area contributed by atoms with Gasteiger partial charge < -0.3 is 4.90 Å². The fraction of sp³-hybridized carbons (Fsp3) is 0.250. The number of piperidine rings is 1. The van der Waals surface area contributed by atoms with Crippen LogP contribution in [-0.2, 0) is 7.05 Å². The lowest BCUT2D eigenvalue weighted by Gasteiger charge is -2.32. The van der Waals surface area contributed by atoms with Gasteiger partial charge in [-0.3, -0.25) is 4.79 Å². The number of aromatic nitrogens is 4. The minimum Gasteiger partial charge on any atom is -0.337 e. The van der Waals surface area contributed by atoms with Crippen molar-refractivity contribution in [2.75, 3.05) is 13.1 Å². The van der Waals surface area contributed by atoms with Crippen LogP contribution in [0.25, 0.3) is 16.6 Å². The zero-order valence-corrected chi connectivity index (χ0v) is 17.3.